The third-order valence-electron chi connectivity index (χ3n) is 3.34. The van der Waals surface area contributed by atoms with E-state index in [-0.39, 0.29) is 12.7 Å². The van der Waals surface area contributed by atoms with E-state index >= 15 is 0 Å². The van der Waals surface area contributed by atoms with Crippen LogP contribution >= 0.6 is 0 Å². The Hall–Kier alpha value is -0.570. The van der Waals surface area contributed by atoms with Crippen molar-refractivity contribution in [2.75, 3.05) is 6.61 Å². The van der Waals surface area contributed by atoms with Crippen molar-refractivity contribution in [2.24, 2.45) is 0 Å². The maximum atomic E-state index is 10.5. The topological polar surface area (TPSA) is 46.5 Å². The number of carboxylic acid groups (broad SMARTS) is 1. The Morgan fingerprint density at radius 3 is 2.28 bits per heavy atom. The Bertz CT molecular complexity index is 204. The SMILES string of the molecule is CCCCCCCCC(OCC(=O)O)[C](C)CC. The molecule has 1 radical (unpaired) electrons. The molecule has 3 nitrogen and oxygen atoms in total. The Kier molecular flexibility index (Phi) is 11.2. The van der Waals surface area contributed by atoms with Crippen molar-refractivity contribution in [3.63, 3.8) is 0 Å². The third-order valence-corrected chi connectivity index (χ3v) is 3.34. The number of aliphatic carboxylic acids is 1. The van der Waals surface area contributed by atoms with E-state index in [1.165, 1.54) is 38.0 Å². The lowest BCUT2D eigenvalue weighted by molar-refractivity contribution is -0.144. The fourth-order valence-corrected chi connectivity index (χ4v) is 1.98. The molecule has 107 valence electrons. The zero-order chi connectivity index (χ0) is 13.8. The average Bonchev–Trinajstić information content (AvgIpc) is 2.35. The summed E-state index contributed by atoms with van der Waals surface area (Å²) in [5, 5.41) is 8.65. The Labute approximate surface area is 112 Å². The summed E-state index contributed by atoms with van der Waals surface area (Å²) in [6, 6.07) is 0. The van der Waals surface area contributed by atoms with E-state index in [1.54, 1.807) is 0 Å². The normalized spacial score (nSPS) is 12.9. The van der Waals surface area contributed by atoms with Crippen LogP contribution in [0.4, 0.5) is 0 Å². The zero-order valence-corrected chi connectivity index (χ0v) is 12.2. The number of ether oxygens (including phenoxy) is 1. The van der Waals surface area contributed by atoms with Crippen molar-refractivity contribution in [1.82, 2.24) is 0 Å². The molecule has 0 fully saturated rings. The smallest absolute Gasteiger partial charge is 0.329 e. The zero-order valence-electron chi connectivity index (χ0n) is 12.2. The molecule has 0 heterocycles. The maximum absolute atomic E-state index is 10.5. The molecule has 0 aromatic heterocycles. The highest BCUT2D eigenvalue weighted by molar-refractivity contribution is 5.68. The van der Waals surface area contributed by atoms with Crippen LogP contribution in [0.25, 0.3) is 0 Å². The number of hydrogen-bond donors (Lipinski definition) is 1. The van der Waals surface area contributed by atoms with Gasteiger partial charge in [0.2, 0.25) is 0 Å². The minimum atomic E-state index is -0.883. The number of carboxylic acids is 1. The lowest BCUT2D eigenvalue weighted by Gasteiger charge is -2.22. The van der Waals surface area contributed by atoms with Gasteiger partial charge in [0, 0.05) is 5.92 Å². The second-order valence-corrected chi connectivity index (χ2v) is 4.95. The number of unbranched alkanes of at least 4 members (excludes halogenated alkanes) is 5. The summed E-state index contributed by atoms with van der Waals surface area (Å²) in [6.45, 7) is 6.19. The van der Waals surface area contributed by atoms with Crippen molar-refractivity contribution in [3.8, 4) is 0 Å². The van der Waals surface area contributed by atoms with Crippen LogP contribution in [0.15, 0.2) is 0 Å². The summed E-state index contributed by atoms with van der Waals surface area (Å²) >= 11 is 0. The van der Waals surface area contributed by atoms with Gasteiger partial charge in [-0.1, -0.05) is 59.3 Å². The van der Waals surface area contributed by atoms with Crippen LogP contribution < -0.4 is 0 Å². The van der Waals surface area contributed by atoms with Crippen LogP contribution in [0.1, 0.15) is 72.1 Å². The highest BCUT2D eigenvalue weighted by Crippen LogP contribution is 2.20. The summed E-state index contributed by atoms with van der Waals surface area (Å²) in [5.41, 5.74) is 0. The van der Waals surface area contributed by atoms with Gasteiger partial charge in [0.05, 0.1) is 6.10 Å². The highest BCUT2D eigenvalue weighted by Gasteiger charge is 2.17. The molecule has 3 heteroatoms. The van der Waals surface area contributed by atoms with Crippen molar-refractivity contribution in [2.45, 2.75) is 78.2 Å². The number of hydrogen-bond acceptors (Lipinski definition) is 2. The summed E-state index contributed by atoms with van der Waals surface area (Å²) in [7, 11) is 0. The molecule has 0 aliphatic heterocycles. The highest BCUT2D eigenvalue weighted by atomic mass is 16.5. The molecule has 18 heavy (non-hydrogen) atoms. The summed E-state index contributed by atoms with van der Waals surface area (Å²) < 4.78 is 5.45. The second kappa shape index (κ2) is 11.5. The van der Waals surface area contributed by atoms with Gasteiger partial charge in [0.1, 0.15) is 6.61 Å². The van der Waals surface area contributed by atoms with E-state index < -0.39 is 5.97 Å². The molecule has 0 aromatic rings. The fourth-order valence-electron chi connectivity index (χ4n) is 1.98. The van der Waals surface area contributed by atoms with E-state index in [0.717, 1.165) is 19.3 Å². The van der Waals surface area contributed by atoms with Crippen LogP contribution in [0.5, 0.6) is 0 Å². The molecule has 1 N–H and O–H groups in total. The maximum Gasteiger partial charge on any atom is 0.329 e. The van der Waals surface area contributed by atoms with Crippen molar-refractivity contribution in [3.05, 3.63) is 5.92 Å². The molecule has 0 aliphatic rings. The molecule has 0 saturated heterocycles. The molecule has 0 saturated carbocycles. The van der Waals surface area contributed by atoms with Gasteiger partial charge in [0.15, 0.2) is 0 Å². The van der Waals surface area contributed by atoms with Gasteiger partial charge >= 0.3 is 5.97 Å². The average molecular weight is 257 g/mol. The molecule has 0 rings (SSSR count). The minimum absolute atomic E-state index is 0.0253. The van der Waals surface area contributed by atoms with Gasteiger partial charge in [-0.2, -0.15) is 0 Å². The van der Waals surface area contributed by atoms with E-state index in [4.69, 9.17) is 9.84 Å². The first-order chi connectivity index (χ1) is 8.61. The van der Waals surface area contributed by atoms with Gasteiger partial charge in [-0.3, -0.25) is 0 Å². The van der Waals surface area contributed by atoms with E-state index in [0.29, 0.717) is 0 Å². The number of rotatable bonds is 12. The molecular weight excluding hydrogens is 228 g/mol. The lowest BCUT2D eigenvalue weighted by atomic mass is 9.96. The monoisotopic (exact) mass is 257 g/mol. The van der Waals surface area contributed by atoms with E-state index in [2.05, 4.69) is 20.8 Å². The van der Waals surface area contributed by atoms with Crippen LogP contribution in [0.2, 0.25) is 0 Å². The number of carbonyl (C=O) groups is 1. The molecule has 0 spiro atoms. The molecule has 0 bridgehead atoms. The van der Waals surface area contributed by atoms with E-state index in [9.17, 15) is 4.79 Å². The third kappa shape index (κ3) is 9.46. The molecule has 1 unspecified atom stereocenters. The van der Waals surface area contributed by atoms with Gasteiger partial charge in [-0.05, 0) is 12.8 Å². The summed E-state index contributed by atoms with van der Waals surface area (Å²) in [6.07, 6.45) is 9.48. The summed E-state index contributed by atoms with van der Waals surface area (Å²) in [4.78, 5) is 10.5. The Balaban J connectivity index is 3.76. The minimum Gasteiger partial charge on any atom is -0.480 e. The van der Waals surface area contributed by atoms with Crippen LogP contribution in [0.3, 0.4) is 0 Å². The van der Waals surface area contributed by atoms with Crippen molar-refractivity contribution < 1.29 is 14.6 Å². The van der Waals surface area contributed by atoms with Crippen molar-refractivity contribution >= 4 is 5.97 Å². The first-order valence-corrected chi connectivity index (χ1v) is 7.27. The predicted molar refractivity (Wildman–Crippen MR) is 74.6 cm³/mol. The van der Waals surface area contributed by atoms with Crippen LogP contribution in [-0.4, -0.2) is 23.8 Å². The van der Waals surface area contributed by atoms with Gasteiger partial charge < -0.3 is 9.84 Å². The molecule has 0 aromatic carbocycles. The molecule has 0 aliphatic carbocycles. The Morgan fingerprint density at radius 2 is 1.72 bits per heavy atom. The molecule has 1 atom stereocenters. The van der Waals surface area contributed by atoms with Crippen molar-refractivity contribution in [1.29, 1.82) is 0 Å². The Morgan fingerprint density at radius 1 is 1.11 bits per heavy atom. The molecule has 0 amide bonds. The van der Waals surface area contributed by atoms with Crippen LogP contribution in [0, 0.1) is 5.92 Å². The van der Waals surface area contributed by atoms with Crippen LogP contribution in [-0.2, 0) is 9.53 Å². The standard InChI is InChI=1S/C15H29O3/c1-4-6-7-8-9-10-11-14(13(3)5-2)18-12-15(16)17/h14H,4-12H2,1-3H3,(H,16,17). The first-order valence-electron chi connectivity index (χ1n) is 7.27. The van der Waals surface area contributed by atoms with Gasteiger partial charge in [-0.15, -0.1) is 0 Å². The quantitative estimate of drug-likeness (QED) is 0.533. The first kappa shape index (κ1) is 17.4. The fraction of sp³-hybridized carbons (Fsp3) is 0.867. The largest absolute Gasteiger partial charge is 0.480 e. The summed E-state index contributed by atoms with van der Waals surface area (Å²) in [5.74, 6) is 0.372. The molecular formula is C15H29O3. The van der Waals surface area contributed by atoms with E-state index in [1.807, 2.05) is 0 Å². The second-order valence-electron chi connectivity index (χ2n) is 4.95. The predicted octanol–water partition coefficient (Wildman–Crippen LogP) is 4.21. The van der Waals surface area contributed by atoms with Gasteiger partial charge in [0.25, 0.3) is 0 Å². The lowest BCUT2D eigenvalue weighted by Crippen LogP contribution is -2.23. The van der Waals surface area contributed by atoms with Gasteiger partial charge in [-0.25, -0.2) is 4.79 Å².